The third-order valence-electron chi connectivity index (χ3n) is 4.52. The molecule has 0 radical (unpaired) electrons. The number of nitrogens with zero attached hydrogens (tertiary/aromatic N) is 2. The number of allylic oxidation sites excluding steroid dienone is 1. The average molecular weight is 412 g/mol. The highest BCUT2D eigenvalue weighted by Crippen LogP contribution is 2.30. The third kappa shape index (κ3) is 3.47. The van der Waals surface area contributed by atoms with E-state index in [1.807, 2.05) is 0 Å². The van der Waals surface area contributed by atoms with E-state index in [1.54, 1.807) is 44.2 Å². The Hall–Kier alpha value is -3.26. The van der Waals surface area contributed by atoms with Gasteiger partial charge in [-0.1, -0.05) is 23.5 Å². The molecule has 6 nitrogen and oxygen atoms in total. The van der Waals surface area contributed by atoms with Crippen molar-refractivity contribution in [3.8, 4) is 0 Å². The van der Waals surface area contributed by atoms with Crippen molar-refractivity contribution in [2.75, 3.05) is 6.61 Å². The van der Waals surface area contributed by atoms with Crippen molar-refractivity contribution in [3.05, 3.63) is 90.8 Å². The van der Waals surface area contributed by atoms with Gasteiger partial charge in [-0.05, 0) is 43.7 Å². The van der Waals surface area contributed by atoms with Crippen molar-refractivity contribution < 1.29 is 18.3 Å². The molecule has 1 unspecified atom stereocenters. The summed E-state index contributed by atoms with van der Waals surface area (Å²) in [5, 5.41) is 0. The Kier molecular flexibility index (Phi) is 5.02. The van der Waals surface area contributed by atoms with Gasteiger partial charge < -0.3 is 9.15 Å². The van der Waals surface area contributed by atoms with Gasteiger partial charge in [0, 0.05) is 6.08 Å². The molecular formula is C21H17FN2O4S. The molecule has 148 valence electrons. The van der Waals surface area contributed by atoms with E-state index >= 15 is 0 Å². The van der Waals surface area contributed by atoms with E-state index in [0.717, 1.165) is 0 Å². The van der Waals surface area contributed by atoms with Gasteiger partial charge in [0.1, 0.15) is 11.6 Å². The highest BCUT2D eigenvalue weighted by molar-refractivity contribution is 7.07. The summed E-state index contributed by atoms with van der Waals surface area (Å²) < 4.78 is 25.9. The van der Waals surface area contributed by atoms with Crippen LogP contribution in [-0.2, 0) is 9.53 Å². The second-order valence-electron chi connectivity index (χ2n) is 6.37. The number of aromatic nitrogens is 1. The molecular weight excluding hydrogens is 395 g/mol. The lowest BCUT2D eigenvalue weighted by molar-refractivity contribution is -0.139. The van der Waals surface area contributed by atoms with Crippen LogP contribution in [0, 0.1) is 5.82 Å². The monoisotopic (exact) mass is 412 g/mol. The fourth-order valence-electron chi connectivity index (χ4n) is 3.25. The van der Waals surface area contributed by atoms with Gasteiger partial charge in [-0.25, -0.2) is 14.2 Å². The molecule has 1 aliphatic rings. The predicted octanol–water partition coefficient (Wildman–Crippen LogP) is 2.53. The van der Waals surface area contributed by atoms with E-state index in [1.165, 1.54) is 34.3 Å². The maximum absolute atomic E-state index is 13.5. The second kappa shape index (κ2) is 7.63. The Morgan fingerprint density at radius 1 is 1.34 bits per heavy atom. The number of halogens is 1. The normalized spacial score (nSPS) is 16.5. The Morgan fingerprint density at radius 3 is 2.76 bits per heavy atom. The summed E-state index contributed by atoms with van der Waals surface area (Å²) in [6, 6.07) is 8.42. The van der Waals surface area contributed by atoms with Gasteiger partial charge in [0.25, 0.3) is 5.56 Å². The van der Waals surface area contributed by atoms with Crippen molar-refractivity contribution >= 4 is 23.4 Å². The molecule has 0 amide bonds. The van der Waals surface area contributed by atoms with Gasteiger partial charge in [-0.2, -0.15) is 0 Å². The predicted molar refractivity (Wildman–Crippen MR) is 106 cm³/mol. The van der Waals surface area contributed by atoms with E-state index in [0.29, 0.717) is 26.4 Å². The molecule has 1 atom stereocenters. The van der Waals surface area contributed by atoms with Crippen molar-refractivity contribution in [3.63, 3.8) is 0 Å². The largest absolute Gasteiger partial charge is 0.465 e. The van der Waals surface area contributed by atoms with Crippen molar-refractivity contribution in [2.24, 2.45) is 4.99 Å². The van der Waals surface area contributed by atoms with Crippen molar-refractivity contribution in [1.82, 2.24) is 4.57 Å². The number of hydrogen-bond donors (Lipinski definition) is 0. The molecule has 1 aromatic carbocycles. The van der Waals surface area contributed by atoms with Gasteiger partial charge in [0.15, 0.2) is 4.80 Å². The zero-order valence-corrected chi connectivity index (χ0v) is 16.5. The number of hydrogen-bond acceptors (Lipinski definition) is 6. The molecule has 0 bridgehead atoms. The zero-order chi connectivity index (χ0) is 20.5. The molecule has 2 aromatic heterocycles. The quantitative estimate of drug-likeness (QED) is 0.618. The van der Waals surface area contributed by atoms with Crippen LogP contribution in [-0.4, -0.2) is 17.1 Å². The minimum Gasteiger partial charge on any atom is -0.465 e. The Morgan fingerprint density at radius 2 is 2.10 bits per heavy atom. The molecule has 0 spiro atoms. The molecule has 0 fully saturated rings. The van der Waals surface area contributed by atoms with Crippen molar-refractivity contribution in [1.29, 1.82) is 0 Å². The summed E-state index contributed by atoms with van der Waals surface area (Å²) in [5.74, 6) is -0.421. The van der Waals surface area contributed by atoms with Crippen LogP contribution in [0.5, 0.6) is 0 Å². The molecule has 0 saturated carbocycles. The van der Waals surface area contributed by atoms with E-state index in [-0.39, 0.29) is 17.7 Å². The summed E-state index contributed by atoms with van der Waals surface area (Å²) in [7, 11) is 0. The van der Waals surface area contributed by atoms with Crippen LogP contribution in [0.2, 0.25) is 0 Å². The van der Waals surface area contributed by atoms with Gasteiger partial charge >= 0.3 is 5.97 Å². The van der Waals surface area contributed by atoms with Crippen LogP contribution < -0.4 is 14.9 Å². The number of ether oxygens (including phenoxy) is 1. The van der Waals surface area contributed by atoms with Crippen molar-refractivity contribution in [2.45, 2.75) is 19.9 Å². The standard InChI is InChI=1S/C21H17FN2O4S/c1-3-27-20(26)17-12(2)23-21-24(18(17)13-6-8-14(22)9-7-13)19(25)16(29-21)11-15-5-4-10-28-15/h4-11,18H,3H2,1-2H3/b16-11+. The van der Waals surface area contributed by atoms with Crippen LogP contribution in [0.4, 0.5) is 4.39 Å². The van der Waals surface area contributed by atoms with Crippen LogP contribution in [0.25, 0.3) is 6.08 Å². The van der Waals surface area contributed by atoms with Gasteiger partial charge in [0.05, 0.1) is 34.7 Å². The van der Waals surface area contributed by atoms with E-state index in [4.69, 9.17) is 9.15 Å². The minimum atomic E-state index is -0.760. The number of benzene rings is 1. The first-order valence-corrected chi connectivity index (χ1v) is 9.80. The lowest BCUT2D eigenvalue weighted by Crippen LogP contribution is -2.39. The summed E-state index contributed by atoms with van der Waals surface area (Å²) in [6.45, 7) is 3.60. The number of fused-ring (bicyclic) bond motifs is 1. The van der Waals surface area contributed by atoms with E-state index < -0.39 is 17.8 Å². The fourth-order valence-corrected chi connectivity index (χ4v) is 4.28. The molecule has 0 aliphatic carbocycles. The first-order valence-electron chi connectivity index (χ1n) is 8.98. The highest BCUT2D eigenvalue weighted by atomic mass is 32.1. The number of thiazole rings is 1. The molecule has 0 N–H and O–H groups in total. The SMILES string of the molecule is CCOC(=O)C1=C(C)N=c2s/c(=C/c3ccco3)c(=O)n2C1c1ccc(F)cc1. The van der Waals surface area contributed by atoms with Gasteiger partial charge in [0.2, 0.25) is 0 Å². The minimum absolute atomic E-state index is 0.189. The Bertz CT molecular complexity index is 1270. The Labute approximate surface area is 168 Å². The van der Waals surface area contributed by atoms with Crippen LogP contribution in [0.1, 0.15) is 31.2 Å². The molecule has 29 heavy (non-hydrogen) atoms. The van der Waals surface area contributed by atoms with Gasteiger partial charge in [-0.3, -0.25) is 9.36 Å². The molecule has 3 heterocycles. The third-order valence-corrected chi connectivity index (χ3v) is 5.50. The number of esters is 1. The number of rotatable bonds is 4. The maximum Gasteiger partial charge on any atom is 0.338 e. The second-order valence-corrected chi connectivity index (χ2v) is 7.38. The summed E-state index contributed by atoms with van der Waals surface area (Å²) >= 11 is 1.20. The summed E-state index contributed by atoms with van der Waals surface area (Å²) in [4.78, 5) is 30.8. The lowest BCUT2D eigenvalue weighted by atomic mass is 9.96. The fraction of sp³-hybridized carbons (Fsp3) is 0.190. The van der Waals surface area contributed by atoms with Gasteiger partial charge in [-0.15, -0.1) is 0 Å². The number of carbonyl (C=O) groups excluding carboxylic acids is 1. The first-order chi connectivity index (χ1) is 14.0. The lowest BCUT2D eigenvalue weighted by Gasteiger charge is -2.24. The molecule has 8 heteroatoms. The zero-order valence-electron chi connectivity index (χ0n) is 15.7. The molecule has 1 aliphatic heterocycles. The topological polar surface area (TPSA) is 73.8 Å². The summed E-state index contributed by atoms with van der Waals surface area (Å²) in [6.07, 6.45) is 3.15. The summed E-state index contributed by atoms with van der Waals surface area (Å²) in [5.41, 5.74) is 1.00. The molecule has 3 aromatic rings. The number of carbonyl (C=O) groups is 1. The number of furan rings is 1. The van der Waals surface area contributed by atoms with Crippen LogP contribution in [0.15, 0.2) is 68.1 Å². The first kappa shape index (κ1) is 19.1. The van der Waals surface area contributed by atoms with Crippen LogP contribution >= 0.6 is 11.3 Å². The van der Waals surface area contributed by atoms with E-state index in [2.05, 4.69) is 4.99 Å². The molecule has 4 rings (SSSR count). The van der Waals surface area contributed by atoms with Crippen LogP contribution in [0.3, 0.4) is 0 Å². The average Bonchev–Trinajstić information content (AvgIpc) is 3.30. The maximum atomic E-state index is 13.5. The smallest absolute Gasteiger partial charge is 0.338 e. The van der Waals surface area contributed by atoms with E-state index in [9.17, 15) is 14.0 Å². The Balaban J connectivity index is 1.97. The molecule has 0 saturated heterocycles. The highest BCUT2D eigenvalue weighted by Gasteiger charge is 2.33.